The Kier molecular flexibility index (Phi) is 3.13. The lowest BCUT2D eigenvalue weighted by atomic mass is 10.2. The SMILES string of the molecule is Cc1ncc2cc(Nc3c(C(=O)O)oc4cnccc34)ccc2n1. The van der Waals surface area contributed by atoms with Crippen molar-refractivity contribution in [2.24, 2.45) is 0 Å². The van der Waals surface area contributed by atoms with Crippen molar-refractivity contribution in [1.29, 1.82) is 0 Å². The van der Waals surface area contributed by atoms with Crippen molar-refractivity contribution < 1.29 is 14.3 Å². The van der Waals surface area contributed by atoms with Gasteiger partial charge in [-0.15, -0.1) is 0 Å². The normalized spacial score (nSPS) is 11.0. The van der Waals surface area contributed by atoms with Crippen molar-refractivity contribution >= 4 is 39.2 Å². The number of carbonyl (C=O) groups is 1. The lowest BCUT2D eigenvalue weighted by molar-refractivity contribution is 0.0666. The van der Waals surface area contributed by atoms with Crippen LogP contribution in [-0.2, 0) is 0 Å². The van der Waals surface area contributed by atoms with Gasteiger partial charge in [-0.25, -0.2) is 14.8 Å². The Balaban J connectivity index is 1.83. The molecule has 2 N–H and O–H groups in total. The van der Waals surface area contributed by atoms with E-state index in [1.54, 1.807) is 18.5 Å². The van der Waals surface area contributed by atoms with Crippen molar-refractivity contribution in [2.75, 3.05) is 5.32 Å². The van der Waals surface area contributed by atoms with Gasteiger partial charge in [0.25, 0.3) is 0 Å². The average molecular weight is 320 g/mol. The molecule has 4 rings (SSSR count). The Morgan fingerprint density at radius 1 is 1.25 bits per heavy atom. The van der Waals surface area contributed by atoms with Crippen molar-refractivity contribution in [1.82, 2.24) is 15.0 Å². The standard InChI is InChI=1S/C17H12N4O3/c1-9-19-7-10-6-11(2-3-13(10)20-9)21-15-12-4-5-18-8-14(12)24-16(15)17(22)23/h2-8,21H,1H3,(H,22,23). The van der Waals surface area contributed by atoms with E-state index in [1.165, 1.54) is 6.20 Å². The summed E-state index contributed by atoms with van der Waals surface area (Å²) in [4.78, 5) is 23.9. The summed E-state index contributed by atoms with van der Waals surface area (Å²) in [5, 5.41) is 14.0. The van der Waals surface area contributed by atoms with Crippen LogP contribution in [0, 0.1) is 6.92 Å². The first-order valence-corrected chi connectivity index (χ1v) is 7.22. The summed E-state index contributed by atoms with van der Waals surface area (Å²) in [7, 11) is 0. The van der Waals surface area contributed by atoms with E-state index in [4.69, 9.17) is 4.42 Å². The first kappa shape index (κ1) is 14.1. The highest BCUT2D eigenvalue weighted by atomic mass is 16.4. The van der Waals surface area contributed by atoms with Crippen molar-refractivity contribution in [3.8, 4) is 0 Å². The van der Waals surface area contributed by atoms with Gasteiger partial charge >= 0.3 is 5.97 Å². The third-order valence-electron chi connectivity index (χ3n) is 3.66. The van der Waals surface area contributed by atoms with Crippen LogP contribution in [0.2, 0.25) is 0 Å². The maximum atomic E-state index is 11.5. The van der Waals surface area contributed by atoms with E-state index in [0.717, 1.165) is 16.6 Å². The number of pyridine rings is 1. The first-order chi connectivity index (χ1) is 11.6. The molecule has 118 valence electrons. The summed E-state index contributed by atoms with van der Waals surface area (Å²) in [6, 6.07) is 7.26. The van der Waals surface area contributed by atoms with Crippen LogP contribution < -0.4 is 5.32 Å². The molecule has 0 bridgehead atoms. The molecule has 0 atom stereocenters. The number of aromatic carboxylic acids is 1. The van der Waals surface area contributed by atoms with E-state index in [1.807, 2.05) is 25.1 Å². The number of aromatic nitrogens is 3. The van der Waals surface area contributed by atoms with Crippen molar-refractivity contribution in [3.63, 3.8) is 0 Å². The molecule has 0 aliphatic rings. The van der Waals surface area contributed by atoms with E-state index in [2.05, 4.69) is 20.3 Å². The number of hydrogen-bond acceptors (Lipinski definition) is 6. The van der Waals surface area contributed by atoms with Crippen LogP contribution in [0.3, 0.4) is 0 Å². The summed E-state index contributed by atoms with van der Waals surface area (Å²) in [6.45, 7) is 1.83. The maximum absolute atomic E-state index is 11.5. The number of carboxylic acid groups (broad SMARTS) is 1. The van der Waals surface area contributed by atoms with Gasteiger partial charge in [0.15, 0.2) is 5.58 Å². The number of anilines is 2. The number of rotatable bonds is 3. The van der Waals surface area contributed by atoms with E-state index < -0.39 is 5.97 Å². The molecule has 0 radical (unpaired) electrons. The van der Waals surface area contributed by atoms with Crippen LogP contribution in [0.4, 0.5) is 11.4 Å². The van der Waals surface area contributed by atoms with E-state index >= 15 is 0 Å². The number of nitrogens with zero attached hydrogens (tertiary/aromatic N) is 3. The Morgan fingerprint density at radius 2 is 2.12 bits per heavy atom. The minimum Gasteiger partial charge on any atom is -0.475 e. The van der Waals surface area contributed by atoms with E-state index in [0.29, 0.717) is 22.5 Å². The lowest BCUT2D eigenvalue weighted by Crippen LogP contribution is -2.00. The molecule has 0 aliphatic heterocycles. The fourth-order valence-corrected chi connectivity index (χ4v) is 2.57. The predicted octanol–water partition coefficient (Wildman–Crippen LogP) is 3.52. The van der Waals surface area contributed by atoms with Gasteiger partial charge in [0.1, 0.15) is 11.5 Å². The van der Waals surface area contributed by atoms with E-state index in [-0.39, 0.29) is 5.76 Å². The largest absolute Gasteiger partial charge is 0.475 e. The highest BCUT2D eigenvalue weighted by molar-refractivity contribution is 6.04. The quantitative estimate of drug-likeness (QED) is 0.595. The zero-order valence-electron chi connectivity index (χ0n) is 12.6. The molecule has 4 aromatic rings. The molecule has 0 fully saturated rings. The summed E-state index contributed by atoms with van der Waals surface area (Å²) >= 11 is 0. The number of benzene rings is 1. The number of nitrogens with one attached hydrogen (secondary N) is 1. The number of hydrogen-bond donors (Lipinski definition) is 2. The smallest absolute Gasteiger partial charge is 0.374 e. The van der Waals surface area contributed by atoms with Gasteiger partial charge in [0, 0.05) is 28.9 Å². The predicted molar refractivity (Wildman–Crippen MR) is 88.5 cm³/mol. The Hall–Kier alpha value is -3.48. The molecular weight excluding hydrogens is 308 g/mol. The molecule has 24 heavy (non-hydrogen) atoms. The molecule has 0 saturated heterocycles. The summed E-state index contributed by atoms with van der Waals surface area (Å²) in [5.74, 6) is -0.601. The third-order valence-corrected chi connectivity index (χ3v) is 3.66. The molecule has 3 heterocycles. The number of aryl methyl sites for hydroxylation is 1. The monoisotopic (exact) mass is 320 g/mol. The molecule has 3 aromatic heterocycles. The van der Waals surface area contributed by atoms with Crippen LogP contribution in [0.5, 0.6) is 0 Å². The Morgan fingerprint density at radius 3 is 2.96 bits per heavy atom. The zero-order valence-corrected chi connectivity index (χ0v) is 12.6. The van der Waals surface area contributed by atoms with Crippen molar-refractivity contribution in [2.45, 2.75) is 6.92 Å². The Bertz CT molecular complexity index is 1090. The fourth-order valence-electron chi connectivity index (χ4n) is 2.57. The second-order valence-electron chi connectivity index (χ2n) is 5.30. The second kappa shape index (κ2) is 5.31. The topological polar surface area (TPSA) is 101 Å². The summed E-state index contributed by atoms with van der Waals surface area (Å²) < 4.78 is 5.39. The van der Waals surface area contributed by atoms with Crippen molar-refractivity contribution in [3.05, 3.63) is 54.4 Å². The highest BCUT2D eigenvalue weighted by Crippen LogP contribution is 2.33. The van der Waals surface area contributed by atoms with Gasteiger partial charge in [-0.05, 0) is 31.2 Å². The summed E-state index contributed by atoms with van der Waals surface area (Å²) in [5.41, 5.74) is 2.36. The molecule has 0 aliphatic carbocycles. The lowest BCUT2D eigenvalue weighted by Gasteiger charge is -2.07. The Labute approximate surface area is 136 Å². The van der Waals surface area contributed by atoms with E-state index in [9.17, 15) is 9.90 Å². The molecule has 7 nitrogen and oxygen atoms in total. The molecule has 0 unspecified atom stereocenters. The molecule has 7 heteroatoms. The van der Waals surface area contributed by atoms with Gasteiger partial charge in [0.05, 0.1) is 11.7 Å². The fraction of sp³-hybridized carbons (Fsp3) is 0.0588. The zero-order chi connectivity index (χ0) is 16.7. The van der Waals surface area contributed by atoms with Gasteiger partial charge in [-0.3, -0.25) is 4.98 Å². The minimum atomic E-state index is -1.14. The molecule has 1 aromatic carbocycles. The van der Waals surface area contributed by atoms with Gasteiger partial charge in [0.2, 0.25) is 5.76 Å². The number of fused-ring (bicyclic) bond motifs is 2. The van der Waals surface area contributed by atoms with Crippen LogP contribution in [-0.4, -0.2) is 26.0 Å². The second-order valence-corrected chi connectivity index (χ2v) is 5.30. The van der Waals surface area contributed by atoms with Gasteiger partial charge in [-0.2, -0.15) is 0 Å². The molecule has 0 spiro atoms. The van der Waals surface area contributed by atoms with Crippen LogP contribution in [0.15, 0.2) is 47.3 Å². The minimum absolute atomic E-state index is 0.154. The first-order valence-electron chi connectivity index (χ1n) is 7.22. The average Bonchev–Trinajstić information content (AvgIpc) is 2.94. The third kappa shape index (κ3) is 2.32. The van der Waals surface area contributed by atoms with Gasteiger partial charge < -0.3 is 14.8 Å². The number of carboxylic acids is 1. The number of furan rings is 1. The molecule has 0 saturated carbocycles. The highest BCUT2D eigenvalue weighted by Gasteiger charge is 2.20. The van der Waals surface area contributed by atoms with Gasteiger partial charge in [-0.1, -0.05) is 0 Å². The van der Waals surface area contributed by atoms with Crippen LogP contribution in [0.1, 0.15) is 16.4 Å². The van der Waals surface area contributed by atoms with Crippen LogP contribution >= 0.6 is 0 Å². The molecule has 0 amide bonds. The maximum Gasteiger partial charge on any atom is 0.374 e. The molecular formula is C17H12N4O3. The van der Waals surface area contributed by atoms with Crippen LogP contribution in [0.25, 0.3) is 21.9 Å². The summed E-state index contributed by atoms with van der Waals surface area (Å²) in [6.07, 6.45) is 4.81.